The third-order valence-corrected chi connectivity index (χ3v) is 2.49. The van der Waals surface area contributed by atoms with Crippen LogP contribution in [0.25, 0.3) is 0 Å². The molecule has 0 fully saturated rings. The summed E-state index contributed by atoms with van der Waals surface area (Å²) in [7, 11) is -5.13. The third-order valence-electron chi connectivity index (χ3n) is 1.63. The van der Waals surface area contributed by atoms with E-state index in [1.807, 2.05) is 0 Å². The minimum Gasteiger partial charge on any atom is -0.744 e. The van der Waals surface area contributed by atoms with Gasteiger partial charge in [0.15, 0.2) is 0 Å². The number of benzene rings is 1. The Labute approximate surface area is 88.4 Å². The fraction of sp³-hybridized carbons (Fsp3) is 0. The van der Waals surface area contributed by atoms with Crippen LogP contribution in [0.4, 0.5) is 11.4 Å². The van der Waals surface area contributed by atoms with Gasteiger partial charge >= 0.3 is 11.4 Å². The van der Waals surface area contributed by atoms with E-state index in [1.54, 1.807) is 0 Å². The molecule has 0 N–H and O–H groups in total. The van der Waals surface area contributed by atoms with Crippen LogP contribution in [0.5, 0.6) is 0 Å². The molecule has 0 saturated carbocycles. The van der Waals surface area contributed by atoms with Crippen LogP contribution in [-0.4, -0.2) is 22.8 Å². The summed E-state index contributed by atoms with van der Waals surface area (Å²) in [5.41, 5.74) is -2.36. The molecule has 0 bridgehead atoms. The van der Waals surface area contributed by atoms with E-state index in [0.717, 1.165) is 12.1 Å². The summed E-state index contributed by atoms with van der Waals surface area (Å²) in [6, 6.07) is 2.27. The summed E-state index contributed by atoms with van der Waals surface area (Å²) < 4.78 is 32.0. The maximum absolute atomic E-state index is 10.7. The lowest BCUT2D eigenvalue weighted by Gasteiger charge is -2.06. The van der Waals surface area contributed by atoms with Crippen LogP contribution in [-0.2, 0) is 10.1 Å². The number of nitrogens with zero attached hydrogens (tertiary/aromatic N) is 2. The highest BCUT2D eigenvalue weighted by atomic mass is 32.2. The first-order valence-corrected chi connectivity index (χ1v) is 5.03. The molecule has 0 radical (unpaired) electrons. The molecule has 0 spiro atoms. The molecule has 16 heavy (non-hydrogen) atoms. The zero-order valence-electron chi connectivity index (χ0n) is 7.39. The Morgan fingerprint density at radius 2 is 1.62 bits per heavy atom. The van der Waals surface area contributed by atoms with Gasteiger partial charge in [0.25, 0.3) is 0 Å². The maximum atomic E-state index is 10.7. The minimum absolute atomic E-state index is 0.646. The molecule has 0 heterocycles. The zero-order chi connectivity index (χ0) is 12.5. The minimum atomic E-state index is -5.13. The fourth-order valence-corrected chi connectivity index (χ4v) is 1.70. The predicted molar refractivity (Wildman–Crippen MR) is 47.7 cm³/mol. The Hall–Kier alpha value is -2.07. The highest BCUT2D eigenvalue weighted by Gasteiger charge is 2.30. The zero-order valence-corrected chi connectivity index (χ0v) is 8.21. The molecule has 0 saturated heterocycles. The first-order chi connectivity index (χ1) is 7.25. The average Bonchev–Trinajstić information content (AvgIpc) is 2.14. The van der Waals surface area contributed by atoms with Crippen LogP contribution in [0.15, 0.2) is 23.1 Å². The van der Waals surface area contributed by atoms with E-state index >= 15 is 0 Å². The number of nitro groups is 2. The van der Waals surface area contributed by atoms with E-state index in [0.29, 0.717) is 6.07 Å². The molecular formula is C6H3N2O7S-. The van der Waals surface area contributed by atoms with Crippen LogP contribution in [0.1, 0.15) is 0 Å². The summed E-state index contributed by atoms with van der Waals surface area (Å²) in [4.78, 5) is 17.3. The lowest BCUT2D eigenvalue weighted by atomic mass is 10.3. The average molecular weight is 247 g/mol. The Bertz CT molecular complexity index is 564. The number of hydrogen-bond donors (Lipinski definition) is 0. The topological polar surface area (TPSA) is 143 Å². The molecule has 1 aromatic rings. The summed E-state index contributed by atoms with van der Waals surface area (Å²) >= 11 is 0. The Morgan fingerprint density at radius 1 is 1.06 bits per heavy atom. The first-order valence-electron chi connectivity index (χ1n) is 3.63. The molecule has 0 unspecified atom stereocenters. The van der Waals surface area contributed by atoms with Crippen molar-refractivity contribution in [1.29, 1.82) is 0 Å². The molecule has 1 aromatic carbocycles. The van der Waals surface area contributed by atoms with Crippen LogP contribution in [0, 0.1) is 20.2 Å². The Balaban J connectivity index is 3.72. The smallest absolute Gasteiger partial charge is 0.363 e. The summed E-state index contributed by atoms with van der Waals surface area (Å²) in [5.74, 6) is 0. The molecule has 0 aliphatic heterocycles. The summed E-state index contributed by atoms with van der Waals surface area (Å²) in [6.45, 7) is 0. The molecule has 0 aromatic heterocycles. The van der Waals surface area contributed by atoms with E-state index in [9.17, 15) is 33.2 Å². The van der Waals surface area contributed by atoms with E-state index in [2.05, 4.69) is 0 Å². The molecule has 0 aliphatic rings. The lowest BCUT2D eigenvalue weighted by molar-refractivity contribution is -0.424. The third kappa shape index (κ3) is 2.12. The van der Waals surface area contributed by atoms with Gasteiger partial charge < -0.3 is 4.55 Å². The molecule has 10 heteroatoms. The van der Waals surface area contributed by atoms with Crippen molar-refractivity contribution in [3.05, 3.63) is 38.4 Å². The van der Waals surface area contributed by atoms with Crippen molar-refractivity contribution in [2.75, 3.05) is 0 Å². The van der Waals surface area contributed by atoms with Gasteiger partial charge in [-0.1, -0.05) is 6.07 Å². The van der Waals surface area contributed by atoms with Gasteiger partial charge in [0.1, 0.15) is 15.0 Å². The van der Waals surface area contributed by atoms with E-state index in [4.69, 9.17) is 0 Å². The maximum Gasteiger partial charge on any atom is 0.363 e. The second-order valence-electron chi connectivity index (χ2n) is 2.59. The van der Waals surface area contributed by atoms with Crippen molar-refractivity contribution in [3.63, 3.8) is 0 Å². The van der Waals surface area contributed by atoms with Gasteiger partial charge in [-0.3, -0.25) is 20.2 Å². The van der Waals surface area contributed by atoms with Crippen molar-refractivity contribution in [3.8, 4) is 0 Å². The van der Waals surface area contributed by atoms with Gasteiger partial charge in [0.05, 0.1) is 9.85 Å². The van der Waals surface area contributed by atoms with Crippen molar-refractivity contribution in [2.24, 2.45) is 0 Å². The van der Waals surface area contributed by atoms with Crippen molar-refractivity contribution >= 4 is 21.5 Å². The number of rotatable bonds is 3. The standard InChI is InChI=1S/C6H4N2O7S/c9-7(10)4-2-1-3-5(16(13,14)15)6(4)8(11)12/h1-3H,(H,13,14,15)/p-1. The van der Waals surface area contributed by atoms with Crippen LogP contribution in [0.3, 0.4) is 0 Å². The number of para-hydroxylation sites is 1. The SMILES string of the molecule is O=[N+]([O-])c1cccc(S(=O)(=O)[O-])c1[N+](=O)[O-]. The van der Waals surface area contributed by atoms with E-state index in [-0.39, 0.29) is 0 Å². The van der Waals surface area contributed by atoms with E-state index < -0.39 is 36.2 Å². The second-order valence-corrected chi connectivity index (χ2v) is 3.94. The van der Waals surface area contributed by atoms with Gasteiger partial charge in [-0.25, -0.2) is 8.42 Å². The molecular weight excluding hydrogens is 244 g/mol. The van der Waals surface area contributed by atoms with Gasteiger partial charge in [-0.15, -0.1) is 0 Å². The van der Waals surface area contributed by atoms with Crippen molar-refractivity contribution in [2.45, 2.75) is 4.90 Å². The highest BCUT2D eigenvalue weighted by Crippen LogP contribution is 2.32. The molecule has 0 atom stereocenters. The molecule has 9 nitrogen and oxygen atoms in total. The normalized spacial score (nSPS) is 11.1. The molecule has 1 rings (SSSR count). The molecule has 86 valence electrons. The number of hydrogen-bond acceptors (Lipinski definition) is 7. The number of nitro benzene ring substituents is 2. The van der Waals surface area contributed by atoms with Gasteiger partial charge in [0, 0.05) is 6.07 Å². The van der Waals surface area contributed by atoms with Crippen molar-refractivity contribution in [1.82, 2.24) is 0 Å². The Kier molecular flexibility index (Phi) is 2.87. The quantitative estimate of drug-likeness (QED) is 0.427. The fourth-order valence-electron chi connectivity index (χ4n) is 1.04. The second kappa shape index (κ2) is 3.83. The summed E-state index contributed by atoms with van der Waals surface area (Å²) in [5, 5.41) is 20.9. The van der Waals surface area contributed by atoms with Crippen LogP contribution in [0.2, 0.25) is 0 Å². The van der Waals surface area contributed by atoms with Crippen LogP contribution < -0.4 is 0 Å². The lowest BCUT2D eigenvalue weighted by Crippen LogP contribution is -2.06. The highest BCUT2D eigenvalue weighted by molar-refractivity contribution is 7.85. The predicted octanol–water partition coefficient (Wildman–Crippen LogP) is 0.407. The monoisotopic (exact) mass is 247 g/mol. The first kappa shape index (κ1) is 12.0. The molecule has 0 aliphatic carbocycles. The molecule has 0 amide bonds. The van der Waals surface area contributed by atoms with Crippen molar-refractivity contribution < 1.29 is 22.8 Å². The van der Waals surface area contributed by atoms with Gasteiger partial charge in [-0.2, -0.15) is 0 Å². The van der Waals surface area contributed by atoms with E-state index in [1.165, 1.54) is 0 Å². The Morgan fingerprint density at radius 3 is 2.00 bits per heavy atom. The van der Waals surface area contributed by atoms with Crippen LogP contribution >= 0.6 is 0 Å². The van der Waals surface area contributed by atoms with Gasteiger partial charge in [0.2, 0.25) is 0 Å². The largest absolute Gasteiger partial charge is 0.744 e. The summed E-state index contributed by atoms with van der Waals surface area (Å²) in [6.07, 6.45) is 0. The van der Waals surface area contributed by atoms with Gasteiger partial charge in [-0.05, 0) is 6.07 Å².